The average Bonchev–Trinajstić information content (AvgIpc) is 3.95. The quantitative estimate of drug-likeness (QED) is 0.0730. The maximum Gasteiger partial charge on any atom is 0.408 e. The monoisotopic (exact) mass is 1010 g/mol. The van der Waals surface area contributed by atoms with Crippen LogP contribution in [0.1, 0.15) is 89.2 Å². The number of rotatable bonds is 16. The fraction of sp³-hybridized carbons (Fsp3) is 0.519. The second kappa shape index (κ2) is 22.1. The van der Waals surface area contributed by atoms with Crippen LogP contribution in [0.25, 0.3) is 44.5 Å². The Kier molecular flexibility index (Phi) is 16.1. The van der Waals surface area contributed by atoms with Crippen LogP contribution >= 0.6 is 11.3 Å². The molecule has 0 saturated carbocycles. The normalized spacial score (nSPS) is 17.5. The summed E-state index contributed by atoms with van der Waals surface area (Å²) in [5.41, 5.74) is 11.2. The van der Waals surface area contributed by atoms with Crippen molar-refractivity contribution in [1.82, 2.24) is 40.1 Å². The van der Waals surface area contributed by atoms with E-state index in [4.69, 9.17) is 33.7 Å². The standard InChI is InChI=1S/C54H70N8O9S/c1-33(67-9)47-40(25-38(29-55-47)36-15-13-35(14-16-36)30-60-20-18-59(8)19-21-60)48-41(28-54(6,7)32-70-34(2)63)39-24-37(26-45-49(39)61(48)22-23-69-45)44-31-72-46(56-44)27-43(57-52(66)71-53(3,4)5)50(64)62-17-11-12-42(58-62)51(65)68-10/h13-16,24-26,29,31,33,42-43,58H,11-12,17-23,27-28,30,32H2,1-10H3,(H,57,66)/t33-,42-,43-/m0/s1. The number of piperazine rings is 1. The molecule has 386 valence electrons. The van der Waals surface area contributed by atoms with Crippen molar-refractivity contribution >= 4 is 46.2 Å². The molecule has 0 radical (unpaired) electrons. The Morgan fingerprint density at radius 3 is 2.40 bits per heavy atom. The molecule has 3 aliphatic rings. The first-order chi connectivity index (χ1) is 34.3. The summed E-state index contributed by atoms with van der Waals surface area (Å²) in [6.07, 6.45) is 2.53. The lowest BCUT2D eigenvalue weighted by atomic mass is 9.84. The van der Waals surface area contributed by atoms with Crippen molar-refractivity contribution < 1.29 is 42.9 Å². The SMILES string of the molecule is COC(=O)[C@@H]1CCCN(C(=O)[C@H](Cc2nc(-c3cc4c5c(c3)c(CC(C)(C)COC(C)=O)c(-c3cc(-c6ccc(CN7CCN(C)CC7)cc6)cnc3[C@H](C)OC)n5CCO4)cs2)NC(=O)OC(C)(C)C)N1. The van der Waals surface area contributed by atoms with Gasteiger partial charge in [0.15, 0.2) is 0 Å². The number of aromatic nitrogens is 3. The van der Waals surface area contributed by atoms with Crippen LogP contribution in [0.4, 0.5) is 4.79 Å². The van der Waals surface area contributed by atoms with Gasteiger partial charge in [0.25, 0.3) is 5.91 Å². The van der Waals surface area contributed by atoms with Gasteiger partial charge in [0.2, 0.25) is 0 Å². The van der Waals surface area contributed by atoms with Gasteiger partial charge in [0.05, 0.1) is 54.0 Å². The van der Waals surface area contributed by atoms with E-state index in [9.17, 15) is 19.2 Å². The molecule has 3 aromatic heterocycles. The Labute approximate surface area is 426 Å². The van der Waals surface area contributed by atoms with Gasteiger partial charge in [-0.15, -0.1) is 11.3 Å². The van der Waals surface area contributed by atoms with Crippen molar-refractivity contribution in [3.8, 4) is 39.4 Å². The molecule has 17 nitrogen and oxygen atoms in total. The molecule has 0 unspecified atom stereocenters. The van der Waals surface area contributed by atoms with Gasteiger partial charge in [-0.3, -0.25) is 29.3 Å². The van der Waals surface area contributed by atoms with Crippen LogP contribution in [0.3, 0.4) is 0 Å². The summed E-state index contributed by atoms with van der Waals surface area (Å²) in [7, 11) is 5.18. The van der Waals surface area contributed by atoms with Gasteiger partial charge in [-0.2, -0.15) is 0 Å². The Morgan fingerprint density at radius 2 is 1.71 bits per heavy atom. The third kappa shape index (κ3) is 12.3. The number of methoxy groups -OCH3 is 2. The number of carbonyl (C=O) groups excluding carboxylic acids is 4. The number of thiazole rings is 1. The van der Waals surface area contributed by atoms with E-state index in [1.807, 2.05) is 24.6 Å². The highest BCUT2D eigenvalue weighted by Crippen LogP contribution is 2.47. The summed E-state index contributed by atoms with van der Waals surface area (Å²) in [5.74, 6) is -0.545. The zero-order valence-electron chi connectivity index (χ0n) is 43.4. The van der Waals surface area contributed by atoms with Crippen LogP contribution in [0.2, 0.25) is 0 Å². The predicted molar refractivity (Wildman–Crippen MR) is 276 cm³/mol. The molecule has 2 fully saturated rings. The number of likely N-dealkylation sites (N-methyl/N-ethyl adjacent to an activating group) is 1. The van der Waals surface area contributed by atoms with Crippen LogP contribution in [-0.4, -0.2) is 138 Å². The maximum absolute atomic E-state index is 14.2. The zero-order valence-corrected chi connectivity index (χ0v) is 44.2. The van der Waals surface area contributed by atoms with E-state index in [1.54, 1.807) is 27.9 Å². The number of pyridine rings is 1. The Morgan fingerprint density at radius 1 is 0.958 bits per heavy atom. The highest BCUT2D eigenvalue weighted by molar-refractivity contribution is 7.10. The van der Waals surface area contributed by atoms with Crippen molar-refractivity contribution in [1.29, 1.82) is 0 Å². The number of carbonyl (C=O) groups is 4. The van der Waals surface area contributed by atoms with Crippen LogP contribution in [0.5, 0.6) is 5.75 Å². The molecule has 3 atom stereocenters. The number of hydrogen-bond acceptors (Lipinski definition) is 15. The molecule has 5 aromatic rings. The molecule has 0 spiro atoms. The number of alkyl carbamates (subject to hydrolysis) is 1. The minimum Gasteiger partial charge on any atom is -0.489 e. The Hall–Kier alpha value is -5.92. The summed E-state index contributed by atoms with van der Waals surface area (Å²) in [5, 5.41) is 7.67. The topological polar surface area (TPSA) is 179 Å². The first-order valence-corrected chi connectivity index (χ1v) is 25.8. The molecular formula is C54H70N8O9S. The van der Waals surface area contributed by atoms with Crippen molar-refractivity contribution in [2.75, 3.05) is 67.2 Å². The second-order valence-electron chi connectivity index (χ2n) is 21.0. The summed E-state index contributed by atoms with van der Waals surface area (Å²) < 4.78 is 31.1. The smallest absolute Gasteiger partial charge is 0.408 e. The van der Waals surface area contributed by atoms with Crippen molar-refractivity contribution in [3.63, 3.8) is 0 Å². The molecule has 72 heavy (non-hydrogen) atoms. The van der Waals surface area contributed by atoms with Gasteiger partial charge >= 0.3 is 18.0 Å². The first kappa shape index (κ1) is 52.4. The van der Waals surface area contributed by atoms with Crippen molar-refractivity contribution in [2.45, 2.75) is 111 Å². The summed E-state index contributed by atoms with van der Waals surface area (Å²) >= 11 is 1.37. The van der Waals surface area contributed by atoms with E-state index in [1.165, 1.54) is 35.9 Å². The Bertz CT molecular complexity index is 2770. The molecule has 0 aliphatic carbocycles. The molecule has 2 amide bonds. The number of hydrazine groups is 1. The predicted octanol–water partition coefficient (Wildman–Crippen LogP) is 7.58. The molecule has 2 N–H and O–H groups in total. The third-order valence-corrected chi connectivity index (χ3v) is 14.3. The highest BCUT2D eigenvalue weighted by Gasteiger charge is 2.36. The number of hydrogen-bond donors (Lipinski definition) is 2. The molecule has 0 bridgehead atoms. The molecule has 2 saturated heterocycles. The van der Waals surface area contributed by atoms with Gasteiger partial charge in [0, 0.05) is 98.8 Å². The fourth-order valence-electron chi connectivity index (χ4n) is 9.69. The molecule has 3 aliphatic heterocycles. The number of benzene rings is 2. The van der Waals surface area contributed by atoms with Crippen molar-refractivity contribution in [2.24, 2.45) is 5.41 Å². The lowest BCUT2D eigenvalue weighted by molar-refractivity contribution is -0.150. The molecule has 2 aromatic carbocycles. The van der Waals surface area contributed by atoms with Crippen LogP contribution in [0.15, 0.2) is 54.0 Å². The summed E-state index contributed by atoms with van der Waals surface area (Å²) in [6, 6.07) is 13.4. The number of esters is 2. The zero-order chi connectivity index (χ0) is 51.5. The van der Waals surface area contributed by atoms with E-state index in [0.29, 0.717) is 55.4 Å². The lowest BCUT2D eigenvalue weighted by Crippen LogP contribution is -2.60. The van der Waals surface area contributed by atoms with E-state index >= 15 is 0 Å². The second-order valence-corrected chi connectivity index (χ2v) is 21.9. The summed E-state index contributed by atoms with van der Waals surface area (Å²) in [4.78, 5) is 67.2. The minimum atomic E-state index is -1.06. The van der Waals surface area contributed by atoms with E-state index in [2.05, 4.69) is 82.4 Å². The minimum absolute atomic E-state index is 0.0638. The first-order valence-electron chi connectivity index (χ1n) is 24.9. The number of amides is 2. The summed E-state index contributed by atoms with van der Waals surface area (Å²) in [6.45, 7) is 19.6. The van der Waals surface area contributed by atoms with Gasteiger partial charge in [-0.25, -0.2) is 15.2 Å². The van der Waals surface area contributed by atoms with E-state index in [-0.39, 0.29) is 25.1 Å². The Balaban J connectivity index is 1.19. The fourth-order valence-corrected chi connectivity index (χ4v) is 10.5. The van der Waals surface area contributed by atoms with Crippen molar-refractivity contribution in [3.05, 3.63) is 75.9 Å². The largest absolute Gasteiger partial charge is 0.489 e. The van der Waals surface area contributed by atoms with E-state index < -0.39 is 41.1 Å². The number of ether oxygens (including phenoxy) is 5. The molecular weight excluding hydrogens is 937 g/mol. The van der Waals surface area contributed by atoms with Crippen LogP contribution in [0, 0.1) is 5.41 Å². The maximum atomic E-state index is 14.2. The van der Waals surface area contributed by atoms with Gasteiger partial charge in [-0.1, -0.05) is 38.1 Å². The number of nitrogens with one attached hydrogen (secondary N) is 2. The number of nitrogens with zero attached hydrogens (tertiary/aromatic N) is 6. The van der Waals surface area contributed by atoms with Gasteiger partial charge in [-0.05, 0) is 88.9 Å². The van der Waals surface area contributed by atoms with Gasteiger partial charge < -0.3 is 38.5 Å². The lowest BCUT2D eigenvalue weighted by Gasteiger charge is -2.34. The van der Waals surface area contributed by atoms with Crippen LogP contribution < -0.4 is 15.5 Å². The highest BCUT2D eigenvalue weighted by atomic mass is 32.1. The van der Waals surface area contributed by atoms with Gasteiger partial charge in [0.1, 0.15) is 30.0 Å². The molecule has 8 rings (SSSR count). The molecule has 6 heterocycles. The average molecular weight is 1010 g/mol. The third-order valence-electron chi connectivity index (χ3n) is 13.5. The van der Waals surface area contributed by atoms with Crippen LogP contribution in [-0.2, 0) is 59.3 Å². The van der Waals surface area contributed by atoms with E-state index in [0.717, 1.165) is 82.8 Å². The molecule has 18 heteroatoms.